The van der Waals surface area contributed by atoms with Gasteiger partial charge in [0.05, 0.1) is 16.3 Å². The summed E-state index contributed by atoms with van der Waals surface area (Å²) in [4.78, 5) is 24.9. The first-order chi connectivity index (χ1) is 13.2. The highest BCUT2D eigenvalue weighted by Crippen LogP contribution is 2.23. The number of nitrogens with one attached hydrogen (secondary N) is 2. The fourth-order valence-electron chi connectivity index (χ4n) is 2.26. The number of phenols is 1. The maximum absolute atomic E-state index is 12.4. The molecule has 0 spiro atoms. The summed E-state index contributed by atoms with van der Waals surface area (Å²) >= 11 is 17.6. The number of aromatic hydroxyl groups is 1. The number of carbonyl (C=O) groups is 2. The minimum Gasteiger partial charge on any atom is -0.507 e. The molecular formula is C19H18Cl3N3O3. The van der Waals surface area contributed by atoms with Crippen LogP contribution in [-0.4, -0.2) is 29.2 Å². The van der Waals surface area contributed by atoms with Crippen LogP contribution in [0.4, 0.5) is 0 Å². The van der Waals surface area contributed by atoms with Gasteiger partial charge in [-0.2, -0.15) is 5.10 Å². The van der Waals surface area contributed by atoms with Crippen molar-refractivity contribution in [3.8, 4) is 5.75 Å². The molecule has 2 rings (SSSR count). The summed E-state index contributed by atoms with van der Waals surface area (Å²) in [6, 6.07) is 8.05. The Bertz CT molecular complexity index is 917. The predicted octanol–water partition coefficient (Wildman–Crippen LogP) is 4.26. The van der Waals surface area contributed by atoms with E-state index in [0.717, 1.165) is 0 Å². The number of hydrazone groups is 1. The number of rotatable bonds is 6. The van der Waals surface area contributed by atoms with Gasteiger partial charge in [-0.25, -0.2) is 5.43 Å². The van der Waals surface area contributed by atoms with Crippen LogP contribution in [0.25, 0.3) is 0 Å². The van der Waals surface area contributed by atoms with E-state index in [0.29, 0.717) is 15.6 Å². The van der Waals surface area contributed by atoms with Gasteiger partial charge in [0.25, 0.3) is 11.8 Å². The molecule has 0 radical (unpaired) electrons. The molecule has 3 N–H and O–H groups in total. The highest BCUT2D eigenvalue weighted by Gasteiger charge is 2.24. The lowest BCUT2D eigenvalue weighted by Gasteiger charge is -2.20. The quantitative estimate of drug-likeness (QED) is 0.461. The number of halogens is 3. The van der Waals surface area contributed by atoms with E-state index in [2.05, 4.69) is 15.8 Å². The predicted molar refractivity (Wildman–Crippen MR) is 111 cm³/mol. The van der Waals surface area contributed by atoms with Crippen molar-refractivity contribution in [1.29, 1.82) is 0 Å². The lowest BCUT2D eigenvalue weighted by atomic mass is 10.0. The lowest BCUT2D eigenvalue weighted by molar-refractivity contribution is -0.123. The lowest BCUT2D eigenvalue weighted by Crippen LogP contribution is -2.48. The summed E-state index contributed by atoms with van der Waals surface area (Å²) < 4.78 is 0. The highest BCUT2D eigenvalue weighted by molar-refractivity contribution is 6.42. The molecule has 0 aliphatic rings. The van der Waals surface area contributed by atoms with Crippen molar-refractivity contribution in [3.63, 3.8) is 0 Å². The Hall–Kier alpha value is -2.28. The van der Waals surface area contributed by atoms with E-state index in [1.165, 1.54) is 42.6 Å². The maximum atomic E-state index is 12.4. The molecule has 6 nitrogen and oxygen atoms in total. The molecule has 1 atom stereocenters. The molecule has 28 heavy (non-hydrogen) atoms. The molecule has 0 aliphatic carbocycles. The van der Waals surface area contributed by atoms with E-state index < -0.39 is 17.9 Å². The minimum atomic E-state index is -0.841. The van der Waals surface area contributed by atoms with E-state index >= 15 is 0 Å². The number of hydrogen-bond donors (Lipinski definition) is 3. The third-order valence-corrected chi connectivity index (χ3v) is 4.76. The zero-order valence-corrected chi connectivity index (χ0v) is 17.3. The molecule has 2 aromatic carbocycles. The summed E-state index contributed by atoms with van der Waals surface area (Å²) in [6.07, 6.45) is 1.26. The topological polar surface area (TPSA) is 90.8 Å². The van der Waals surface area contributed by atoms with Gasteiger partial charge in [0.2, 0.25) is 0 Å². The number of amides is 2. The zero-order chi connectivity index (χ0) is 20.8. The summed E-state index contributed by atoms with van der Waals surface area (Å²) in [5, 5.41) is 17.2. The average Bonchev–Trinajstić information content (AvgIpc) is 2.64. The van der Waals surface area contributed by atoms with E-state index in [9.17, 15) is 14.7 Å². The number of hydrogen-bond acceptors (Lipinski definition) is 4. The van der Waals surface area contributed by atoms with Gasteiger partial charge in [-0.1, -0.05) is 48.7 Å². The maximum Gasteiger partial charge on any atom is 0.262 e. The van der Waals surface area contributed by atoms with Crippen molar-refractivity contribution in [2.45, 2.75) is 19.9 Å². The van der Waals surface area contributed by atoms with Crippen LogP contribution in [-0.2, 0) is 4.79 Å². The Balaban J connectivity index is 2.07. The molecule has 0 fully saturated rings. The van der Waals surface area contributed by atoms with Crippen LogP contribution in [0, 0.1) is 5.92 Å². The number of benzene rings is 2. The molecule has 148 valence electrons. The van der Waals surface area contributed by atoms with Crippen LogP contribution in [0.5, 0.6) is 5.75 Å². The summed E-state index contributed by atoms with van der Waals surface area (Å²) in [6.45, 7) is 3.57. The second kappa shape index (κ2) is 9.78. The monoisotopic (exact) mass is 441 g/mol. The molecule has 9 heteroatoms. The Kier molecular flexibility index (Phi) is 7.69. The molecule has 0 heterocycles. The van der Waals surface area contributed by atoms with Gasteiger partial charge in [-0.3, -0.25) is 9.59 Å². The van der Waals surface area contributed by atoms with Gasteiger partial charge in [-0.15, -0.1) is 0 Å². The van der Waals surface area contributed by atoms with Crippen molar-refractivity contribution in [3.05, 3.63) is 62.6 Å². The normalized spacial score (nSPS) is 12.2. The number of phenolic OH excluding ortho intramolecular Hbond substituents is 1. The van der Waals surface area contributed by atoms with Crippen LogP contribution >= 0.6 is 34.8 Å². The molecule has 0 saturated carbocycles. The molecule has 0 aromatic heterocycles. The van der Waals surface area contributed by atoms with Crippen molar-refractivity contribution in [2.75, 3.05) is 0 Å². The van der Waals surface area contributed by atoms with E-state index in [-0.39, 0.29) is 22.3 Å². The van der Waals surface area contributed by atoms with Crippen molar-refractivity contribution < 1.29 is 14.7 Å². The van der Waals surface area contributed by atoms with Crippen LogP contribution in [0.15, 0.2) is 41.5 Å². The van der Waals surface area contributed by atoms with Crippen LogP contribution in [0.3, 0.4) is 0 Å². The molecule has 1 unspecified atom stereocenters. The Morgan fingerprint density at radius 2 is 1.79 bits per heavy atom. The van der Waals surface area contributed by atoms with Crippen LogP contribution in [0.2, 0.25) is 15.1 Å². The van der Waals surface area contributed by atoms with Crippen molar-refractivity contribution in [1.82, 2.24) is 10.7 Å². The Labute approximate surface area is 177 Å². The first-order valence-electron chi connectivity index (χ1n) is 8.26. The van der Waals surface area contributed by atoms with Gasteiger partial charge in [0.15, 0.2) is 0 Å². The minimum absolute atomic E-state index is 0.0317. The fourth-order valence-corrected chi connectivity index (χ4v) is 2.74. The summed E-state index contributed by atoms with van der Waals surface area (Å²) in [5.74, 6) is -1.22. The first-order valence-corrected chi connectivity index (χ1v) is 9.39. The third kappa shape index (κ3) is 5.86. The summed E-state index contributed by atoms with van der Waals surface area (Å²) in [5.41, 5.74) is 2.97. The average molecular weight is 443 g/mol. The SMILES string of the molecule is CC(C)C(NC(=O)c1ccc(Cl)c(Cl)c1)C(=O)N/N=C/c1cc(Cl)ccc1O. The van der Waals surface area contributed by atoms with Gasteiger partial charge >= 0.3 is 0 Å². The fraction of sp³-hybridized carbons (Fsp3) is 0.211. The van der Waals surface area contributed by atoms with E-state index in [4.69, 9.17) is 34.8 Å². The highest BCUT2D eigenvalue weighted by atomic mass is 35.5. The number of nitrogens with zero attached hydrogens (tertiary/aromatic N) is 1. The Morgan fingerprint density at radius 3 is 2.43 bits per heavy atom. The largest absolute Gasteiger partial charge is 0.507 e. The Morgan fingerprint density at radius 1 is 1.07 bits per heavy atom. The molecule has 2 amide bonds. The van der Waals surface area contributed by atoms with Gasteiger partial charge in [-0.05, 0) is 42.3 Å². The molecule has 0 saturated heterocycles. The zero-order valence-electron chi connectivity index (χ0n) is 15.0. The van der Waals surface area contributed by atoms with Crippen LogP contribution < -0.4 is 10.7 Å². The van der Waals surface area contributed by atoms with Gasteiger partial charge in [0, 0.05) is 16.1 Å². The second-order valence-electron chi connectivity index (χ2n) is 6.26. The first kappa shape index (κ1) is 22.0. The molecule has 2 aromatic rings. The molecule has 0 aliphatic heterocycles. The van der Waals surface area contributed by atoms with Gasteiger partial charge < -0.3 is 10.4 Å². The van der Waals surface area contributed by atoms with Crippen LogP contribution in [0.1, 0.15) is 29.8 Å². The van der Waals surface area contributed by atoms with E-state index in [1.54, 1.807) is 13.8 Å². The molecular weight excluding hydrogens is 425 g/mol. The number of carbonyl (C=O) groups excluding carboxylic acids is 2. The standard InChI is InChI=1S/C19H18Cl3N3O3/c1-10(2)17(24-18(27)11-3-5-14(21)15(22)8-11)19(28)25-23-9-12-7-13(20)4-6-16(12)26/h3-10,17,26H,1-2H3,(H,24,27)(H,25,28)/b23-9+. The second-order valence-corrected chi connectivity index (χ2v) is 7.51. The smallest absolute Gasteiger partial charge is 0.262 e. The third-order valence-electron chi connectivity index (χ3n) is 3.79. The summed E-state index contributed by atoms with van der Waals surface area (Å²) in [7, 11) is 0. The van der Waals surface area contributed by atoms with E-state index in [1.807, 2.05) is 0 Å². The molecule has 0 bridgehead atoms. The van der Waals surface area contributed by atoms with Crippen molar-refractivity contribution in [2.24, 2.45) is 11.0 Å². The van der Waals surface area contributed by atoms with Gasteiger partial charge in [0.1, 0.15) is 11.8 Å². The van der Waals surface area contributed by atoms with Crippen molar-refractivity contribution >= 4 is 52.8 Å².